The molecule has 2 aliphatic heterocycles. The van der Waals surface area contributed by atoms with E-state index in [1.807, 2.05) is 18.2 Å². The summed E-state index contributed by atoms with van der Waals surface area (Å²) >= 11 is 0. The monoisotopic (exact) mass is 545 g/mol. The molecule has 1 saturated heterocycles. The molecule has 1 spiro atoms. The molecule has 0 amide bonds. The topological polar surface area (TPSA) is 141 Å². The summed E-state index contributed by atoms with van der Waals surface area (Å²) in [7, 11) is -2.08. The molecule has 3 N–H and O–H groups in total. The zero-order chi connectivity index (χ0) is 27.2. The van der Waals surface area contributed by atoms with Gasteiger partial charge < -0.3 is 25.2 Å². The summed E-state index contributed by atoms with van der Waals surface area (Å²) in [4.78, 5) is 16.5. The molecule has 2 atom stereocenters. The fourth-order valence-electron chi connectivity index (χ4n) is 4.87. The number of rotatable bonds is 7. The average molecular weight is 546 g/mol. The first-order chi connectivity index (χ1) is 18.2. The minimum absolute atomic E-state index is 0.0125. The van der Waals surface area contributed by atoms with Crippen LogP contribution in [-0.4, -0.2) is 67.5 Å². The van der Waals surface area contributed by atoms with E-state index in [4.69, 9.17) is 25.2 Å². The number of benzene rings is 2. The third kappa shape index (κ3) is 6.71. The summed E-state index contributed by atoms with van der Waals surface area (Å²) in [6.45, 7) is 1.22. The van der Waals surface area contributed by atoms with Gasteiger partial charge in [-0.3, -0.25) is 0 Å². The number of hydrogen-bond acceptors (Lipinski definition) is 8. The van der Waals surface area contributed by atoms with Crippen molar-refractivity contribution in [2.45, 2.75) is 67.8 Å². The molecule has 38 heavy (non-hydrogen) atoms. The van der Waals surface area contributed by atoms with Gasteiger partial charge >= 0.3 is 5.97 Å². The molecule has 2 heterocycles. The minimum Gasteiger partial charge on any atom is -0.497 e. The van der Waals surface area contributed by atoms with Gasteiger partial charge in [0.25, 0.3) is 0 Å². The van der Waals surface area contributed by atoms with Crippen LogP contribution in [0.2, 0.25) is 0 Å². The van der Waals surface area contributed by atoms with Gasteiger partial charge in [0.15, 0.2) is 5.71 Å². The van der Waals surface area contributed by atoms with Crippen LogP contribution in [0.15, 0.2) is 64.6 Å². The first kappa shape index (κ1) is 28.0. The van der Waals surface area contributed by atoms with Gasteiger partial charge in [0.2, 0.25) is 10.0 Å². The molecular weight excluding hydrogens is 510 g/mol. The summed E-state index contributed by atoms with van der Waals surface area (Å²) < 4.78 is 37.6. The average Bonchev–Trinajstić information content (AvgIpc) is 3.55. The van der Waals surface area contributed by atoms with Gasteiger partial charge in [0.1, 0.15) is 11.4 Å². The van der Waals surface area contributed by atoms with Crippen LogP contribution in [-0.2, 0) is 31.0 Å². The number of aliphatic carboxylic acids is 1. The molecule has 0 radical (unpaired) electrons. The molecule has 2 aromatic rings. The standard InChI is InChI=1S/C15H18N2O6S.C12H17NO/c1-22-11-2-4-12(5-3-11)24(20,21)17-8-6-15(7-9-17)10-13(14(18)19)16-23-15;13-11-7-4-8-12(11)14-9-10-5-2-1-3-6-10/h2-5H,6-10H2,1H3,(H,18,19);1-3,5-6,11-12H,4,7-9,13H2. The number of nitrogens with two attached hydrogens (primary N) is 1. The smallest absolute Gasteiger partial charge is 0.353 e. The molecule has 0 bridgehead atoms. The van der Waals surface area contributed by atoms with Crippen molar-refractivity contribution in [2.75, 3.05) is 20.2 Å². The lowest BCUT2D eigenvalue weighted by Crippen LogP contribution is -2.46. The van der Waals surface area contributed by atoms with E-state index in [1.165, 1.54) is 35.5 Å². The van der Waals surface area contributed by atoms with Crippen molar-refractivity contribution < 1.29 is 32.6 Å². The molecule has 11 heteroatoms. The van der Waals surface area contributed by atoms with Gasteiger partial charge in [0.05, 0.1) is 24.7 Å². The lowest BCUT2D eigenvalue weighted by Gasteiger charge is -2.36. The SMILES string of the molecule is COc1ccc(S(=O)(=O)N2CCC3(CC2)CC(C(=O)O)=NO3)cc1.NC1CCCC1OCc1ccccc1. The van der Waals surface area contributed by atoms with E-state index in [-0.39, 0.29) is 42.3 Å². The van der Waals surface area contributed by atoms with E-state index in [9.17, 15) is 13.2 Å². The third-order valence-electron chi connectivity index (χ3n) is 7.23. The Balaban J connectivity index is 0.000000204. The maximum atomic E-state index is 12.7. The number of ether oxygens (including phenoxy) is 2. The normalized spacial score (nSPS) is 22.7. The zero-order valence-electron chi connectivity index (χ0n) is 21.5. The lowest BCUT2D eigenvalue weighted by molar-refractivity contribution is -0.129. The van der Waals surface area contributed by atoms with Gasteiger partial charge in [-0.05, 0) is 49.1 Å². The fourth-order valence-corrected chi connectivity index (χ4v) is 6.32. The van der Waals surface area contributed by atoms with Gasteiger partial charge in [-0.15, -0.1) is 0 Å². The largest absolute Gasteiger partial charge is 0.497 e. The molecule has 10 nitrogen and oxygen atoms in total. The number of carboxylic acid groups (broad SMARTS) is 1. The third-order valence-corrected chi connectivity index (χ3v) is 9.14. The quantitative estimate of drug-likeness (QED) is 0.541. The number of carbonyl (C=O) groups is 1. The Morgan fingerprint density at radius 1 is 1.13 bits per heavy atom. The van der Waals surface area contributed by atoms with Crippen LogP contribution in [0.4, 0.5) is 0 Å². The Labute approximate surface area is 223 Å². The molecular formula is C27H35N3O7S. The number of hydrogen-bond donors (Lipinski definition) is 2. The maximum absolute atomic E-state index is 12.7. The van der Waals surface area contributed by atoms with Crippen LogP contribution >= 0.6 is 0 Å². The van der Waals surface area contributed by atoms with E-state index >= 15 is 0 Å². The molecule has 0 aromatic heterocycles. The van der Waals surface area contributed by atoms with Crippen LogP contribution < -0.4 is 10.5 Å². The summed E-state index contributed by atoms with van der Waals surface area (Å²) in [6, 6.07) is 16.7. The Hall–Kier alpha value is -2.99. The molecule has 2 aromatic carbocycles. The highest BCUT2D eigenvalue weighted by atomic mass is 32.2. The molecule has 5 rings (SSSR count). The van der Waals surface area contributed by atoms with Crippen molar-refractivity contribution in [3.05, 3.63) is 60.2 Å². The summed E-state index contributed by atoms with van der Waals surface area (Å²) in [5.41, 5.74) is 6.44. The van der Waals surface area contributed by atoms with Crippen molar-refractivity contribution in [2.24, 2.45) is 10.9 Å². The van der Waals surface area contributed by atoms with Crippen molar-refractivity contribution >= 4 is 21.7 Å². The van der Waals surface area contributed by atoms with E-state index in [0.29, 0.717) is 25.2 Å². The number of oxime groups is 1. The maximum Gasteiger partial charge on any atom is 0.353 e. The molecule has 3 aliphatic rings. The fraction of sp³-hybridized carbons (Fsp3) is 0.481. The Morgan fingerprint density at radius 3 is 2.37 bits per heavy atom. The van der Waals surface area contributed by atoms with Gasteiger partial charge in [0, 0.05) is 38.4 Å². The highest BCUT2D eigenvalue weighted by Crippen LogP contribution is 2.36. The highest BCUT2D eigenvalue weighted by molar-refractivity contribution is 7.89. The van der Waals surface area contributed by atoms with Crippen LogP contribution in [0, 0.1) is 0 Å². The molecule has 1 aliphatic carbocycles. The lowest BCUT2D eigenvalue weighted by atomic mass is 9.88. The Kier molecular flexibility index (Phi) is 9.03. The Bertz CT molecular complexity index is 1210. The zero-order valence-corrected chi connectivity index (χ0v) is 22.3. The number of sulfonamides is 1. The molecule has 206 valence electrons. The number of carboxylic acids is 1. The van der Waals surface area contributed by atoms with Gasteiger partial charge in [-0.25, -0.2) is 13.2 Å². The van der Waals surface area contributed by atoms with E-state index in [1.54, 1.807) is 12.1 Å². The molecule has 1 saturated carbocycles. The minimum atomic E-state index is -3.59. The van der Waals surface area contributed by atoms with Crippen LogP contribution in [0.1, 0.15) is 44.1 Å². The van der Waals surface area contributed by atoms with E-state index < -0.39 is 21.6 Å². The van der Waals surface area contributed by atoms with Crippen LogP contribution in [0.25, 0.3) is 0 Å². The summed E-state index contributed by atoms with van der Waals surface area (Å²) in [5, 5.41) is 12.6. The first-order valence-electron chi connectivity index (χ1n) is 12.8. The van der Waals surface area contributed by atoms with Gasteiger partial charge in [-0.2, -0.15) is 4.31 Å². The Morgan fingerprint density at radius 2 is 1.82 bits per heavy atom. The van der Waals surface area contributed by atoms with Crippen molar-refractivity contribution in [3.63, 3.8) is 0 Å². The molecule has 2 unspecified atom stereocenters. The van der Waals surface area contributed by atoms with E-state index in [0.717, 1.165) is 12.8 Å². The van der Waals surface area contributed by atoms with E-state index in [2.05, 4.69) is 17.3 Å². The summed E-state index contributed by atoms with van der Waals surface area (Å²) in [5.74, 6) is -0.510. The first-order valence-corrected chi connectivity index (χ1v) is 14.2. The second-order valence-electron chi connectivity index (χ2n) is 9.80. The van der Waals surface area contributed by atoms with Crippen molar-refractivity contribution in [1.82, 2.24) is 4.31 Å². The van der Waals surface area contributed by atoms with Crippen LogP contribution in [0.3, 0.4) is 0 Å². The number of methoxy groups -OCH3 is 1. The predicted octanol–water partition coefficient (Wildman–Crippen LogP) is 3.16. The van der Waals surface area contributed by atoms with Gasteiger partial charge in [-0.1, -0.05) is 35.5 Å². The highest BCUT2D eigenvalue weighted by Gasteiger charge is 2.45. The number of piperidine rings is 1. The van der Waals surface area contributed by atoms with Crippen molar-refractivity contribution in [3.8, 4) is 5.75 Å². The number of nitrogens with zero attached hydrogens (tertiary/aromatic N) is 2. The molecule has 2 fully saturated rings. The van der Waals surface area contributed by atoms with Crippen molar-refractivity contribution in [1.29, 1.82) is 0 Å². The second-order valence-corrected chi connectivity index (χ2v) is 11.7. The second kappa shape index (κ2) is 12.2. The predicted molar refractivity (Wildman–Crippen MR) is 141 cm³/mol. The van der Waals surface area contributed by atoms with Crippen LogP contribution in [0.5, 0.6) is 5.75 Å². The summed E-state index contributed by atoms with van der Waals surface area (Å²) in [6.07, 6.45) is 4.73.